The van der Waals surface area contributed by atoms with Gasteiger partial charge in [0.15, 0.2) is 0 Å². The Morgan fingerprint density at radius 3 is 2.52 bits per heavy atom. The van der Waals surface area contributed by atoms with E-state index in [0.717, 1.165) is 22.6 Å². The molecule has 2 aromatic rings. The van der Waals surface area contributed by atoms with Crippen molar-refractivity contribution in [1.29, 1.82) is 10.7 Å². The van der Waals surface area contributed by atoms with Crippen molar-refractivity contribution in [2.45, 2.75) is 26.9 Å². The van der Waals surface area contributed by atoms with E-state index >= 15 is 0 Å². The summed E-state index contributed by atoms with van der Waals surface area (Å²) in [6, 6.07) is 16.1. The topological polar surface area (TPSA) is 73.8 Å². The van der Waals surface area contributed by atoms with Crippen molar-refractivity contribution in [2.24, 2.45) is 0 Å². The Labute approximate surface area is 149 Å². The Balaban J connectivity index is 1.86. The molecule has 0 unspecified atom stereocenters. The average molecular weight is 336 g/mol. The zero-order valence-electron chi connectivity index (χ0n) is 14.7. The van der Waals surface area contributed by atoms with Crippen molar-refractivity contribution in [3.63, 3.8) is 0 Å². The van der Waals surface area contributed by atoms with Gasteiger partial charge in [-0.1, -0.05) is 30.3 Å². The Hall–Kier alpha value is -2.84. The minimum atomic E-state index is 0.237. The molecule has 1 aromatic carbocycles. The van der Waals surface area contributed by atoms with E-state index in [2.05, 4.69) is 11.4 Å². The van der Waals surface area contributed by atoms with Crippen LogP contribution in [0.15, 0.2) is 54.2 Å². The van der Waals surface area contributed by atoms with Crippen LogP contribution in [0.4, 0.5) is 0 Å². The maximum absolute atomic E-state index is 9.00. The summed E-state index contributed by atoms with van der Waals surface area (Å²) in [5.41, 5.74) is 3.86. The zero-order valence-corrected chi connectivity index (χ0v) is 14.7. The van der Waals surface area contributed by atoms with Crippen molar-refractivity contribution < 1.29 is 4.74 Å². The van der Waals surface area contributed by atoms with Gasteiger partial charge in [-0.05, 0) is 31.5 Å². The van der Waals surface area contributed by atoms with Crippen LogP contribution >= 0.6 is 0 Å². The molecule has 5 nitrogen and oxygen atoms in total. The van der Waals surface area contributed by atoms with Gasteiger partial charge >= 0.3 is 0 Å². The molecule has 0 radical (unpaired) electrons. The molecule has 2 rings (SSSR count). The molecule has 0 atom stereocenters. The maximum atomic E-state index is 9.00. The lowest BCUT2D eigenvalue weighted by Gasteiger charge is -2.12. The van der Waals surface area contributed by atoms with Crippen LogP contribution in [-0.2, 0) is 11.3 Å². The minimum absolute atomic E-state index is 0.237. The molecule has 1 heterocycles. The van der Waals surface area contributed by atoms with E-state index in [1.165, 1.54) is 0 Å². The summed E-state index contributed by atoms with van der Waals surface area (Å²) in [6.07, 6.45) is 1.95. The minimum Gasteiger partial charge on any atom is -0.385 e. The molecule has 0 saturated carbocycles. The van der Waals surface area contributed by atoms with Crippen LogP contribution in [-0.4, -0.2) is 23.6 Å². The zero-order chi connectivity index (χ0) is 18.1. The van der Waals surface area contributed by atoms with Crippen LogP contribution in [0.3, 0.4) is 0 Å². The number of rotatable bonds is 8. The predicted octanol–water partition coefficient (Wildman–Crippen LogP) is 3.53. The SMILES string of the molecule is Cc1ccc(C)n1C(=N)/C=C(/CC#N)NCCOCc1ccccc1. The van der Waals surface area contributed by atoms with Gasteiger partial charge in [-0.2, -0.15) is 5.26 Å². The fourth-order valence-electron chi connectivity index (χ4n) is 2.58. The highest BCUT2D eigenvalue weighted by Gasteiger charge is 2.06. The summed E-state index contributed by atoms with van der Waals surface area (Å²) in [5.74, 6) is 0.350. The summed E-state index contributed by atoms with van der Waals surface area (Å²) in [6.45, 7) is 5.62. The van der Waals surface area contributed by atoms with E-state index in [-0.39, 0.29) is 6.42 Å². The summed E-state index contributed by atoms with van der Waals surface area (Å²) in [5, 5.41) is 20.5. The van der Waals surface area contributed by atoms with Crippen LogP contribution in [0.2, 0.25) is 0 Å². The standard InChI is InChI=1S/C20H24N4O/c1-16-8-9-17(2)24(16)20(22)14-19(10-11-21)23-12-13-25-15-18-6-4-3-5-7-18/h3-9,14,22-23H,10,12-13,15H2,1-2H3/b19-14-,22-20?. The number of allylic oxidation sites excluding steroid dienone is 2. The number of hydrogen-bond donors (Lipinski definition) is 2. The van der Waals surface area contributed by atoms with Crippen LogP contribution in [0.1, 0.15) is 23.4 Å². The molecule has 2 N–H and O–H groups in total. The molecule has 0 bridgehead atoms. The number of nitriles is 1. The summed E-state index contributed by atoms with van der Waals surface area (Å²) in [7, 11) is 0. The number of aromatic nitrogens is 1. The Morgan fingerprint density at radius 2 is 1.88 bits per heavy atom. The summed E-state index contributed by atoms with van der Waals surface area (Å²) >= 11 is 0. The van der Waals surface area contributed by atoms with E-state index in [4.69, 9.17) is 15.4 Å². The van der Waals surface area contributed by atoms with Crippen molar-refractivity contribution in [1.82, 2.24) is 9.88 Å². The molecule has 0 spiro atoms. The first kappa shape index (κ1) is 18.5. The lowest BCUT2D eigenvalue weighted by Crippen LogP contribution is -2.21. The Kier molecular flexibility index (Phi) is 7.00. The lowest BCUT2D eigenvalue weighted by molar-refractivity contribution is 0.124. The molecule has 0 aliphatic rings. The lowest BCUT2D eigenvalue weighted by atomic mass is 10.2. The molecule has 5 heteroatoms. The number of nitrogens with one attached hydrogen (secondary N) is 2. The molecular formula is C20H24N4O. The van der Waals surface area contributed by atoms with Gasteiger partial charge in [0.2, 0.25) is 0 Å². The summed E-state index contributed by atoms with van der Waals surface area (Å²) in [4.78, 5) is 0. The van der Waals surface area contributed by atoms with E-state index in [1.54, 1.807) is 6.08 Å². The third kappa shape index (κ3) is 5.63. The third-order valence-corrected chi connectivity index (χ3v) is 3.80. The molecule has 0 saturated heterocycles. The second kappa shape index (κ2) is 9.45. The maximum Gasteiger partial charge on any atom is 0.131 e. The van der Waals surface area contributed by atoms with Gasteiger partial charge in [0.1, 0.15) is 5.84 Å². The first-order valence-corrected chi connectivity index (χ1v) is 8.28. The van der Waals surface area contributed by atoms with E-state index in [1.807, 2.05) is 60.9 Å². The highest BCUT2D eigenvalue weighted by molar-refractivity contribution is 5.93. The van der Waals surface area contributed by atoms with Gasteiger partial charge in [-0.3, -0.25) is 5.41 Å². The molecular weight excluding hydrogens is 312 g/mol. The van der Waals surface area contributed by atoms with E-state index in [9.17, 15) is 0 Å². The van der Waals surface area contributed by atoms with Crippen molar-refractivity contribution in [3.8, 4) is 6.07 Å². The molecule has 130 valence electrons. The molecule has 0 amide bonds. The fraction of sp³-hybridized carbons (Fsp3) is 0.300. The molecule has 1 aromatic heterocycles. The van der Waals surface area contributed by atoms with Gasteiger partial charge in [0, 0.05) is 29.7 Å². The molecule has 0 fully saturated rings. The van der Waals surface area contributed by atoms with Crippen LogP contribution < -0.4 is 5.32 Å². The monoisotopic (exact) mass is 336 g/mol. The largest absolute Gasteiger partial charge is 0.385 e. The highest BCUT2D eigenvalue weighted by Crippen LogP contribution is 2.08. The van der Waals surface area contributed by atoms with E-state index in [0.29, 0.717) is 25.6 Å². The van der Waals surface area contributed by atoms with Crippen LogP contribution in [0.5, 0.6) is 0 Å². The second-order valence-corrected chi connectivity index (χ2v) is 5.81. The Bertz CT molecular complexity index is 749. The highest BCUT2D eigenvalue weighted by atomic mass is 16.5. The van der Waals surface area contributed by atoms with Gasteiger partial charge in [0.25, 0.3) is 0 Å². The molecule has 25 heavy (non-hydrogen) atoms. The Morgan fingerprint density at radius 1 is 1.20 bits per heavy atom. The van der Waals surface area contributed by atoms with Crippen LogP contribution in [0, 0.1) is 30.6 Å². The quantitative estimate of drug-likeness (QED) is 0.440. The second-order valence-electron chi connectivity index (χ2n) is 5.81. The van der Waals surface area contributed by atoms with Crippen molar-refractivity contribution in [2.75, 3.05) is 13.2 Å². The number of hydrogen-bond acceptors (Lipinski definition) is 4. The first-order valence-electron chi connectivity index (χ1n) is 8.28. The normalized spacial score (nSPS) is 11.2. The van der Waals surface area contributed by atoms with Gasteiger partial charge in [0.05, 0.1) is 25.7 Å². The van der Waals surface area contributed by atoms with Gasteiger partial charge < -0.3 is 14.6 Å². The number of ether oxygens (including phenoxy) is 1. The first-order chi connectivity index (χ1) is 12.1. The van der Waals surface area contributed by atoms with Gasteiger partial charge in [-0.15, -0.1) is 0 Å². The number of nitrogens with zero attached hydrogens (tertiary/aromatic N) is 2. The summed E-state index contributed by atoms with van der Waals surface area (Å²) < 4.78 is 7.48. The van der Waals surface area contributed by atoms with E-state index < -0.39 is 0 Å². The molecule has 0 aliphatic carbocycles. The number of aryl methyl sites for hydroxylation is 2. The average Bonchev–Trinajstić information content (AvgIpc) is 2.94. The third-order valence-electron chi connectivity index (χ3n) is 3.80. The van der Waals surface area contributed by atoms with Gasteiger partial charge in [-0.25, -0.2) is 0 Å². The predicted molar refractivity (Wildman–Crippen MR) is 99.4 cm³/mol. The van der Waals surface area contributed by atoms with Crippen molar-refractivity contribution in [3.05, 3.63) is 71.2 Å². The van der Waals surface area contributed by atoms with Crippen molar-refractivity contribution >= 4 is 5.84 Å². The van der Waals surface area contributed by atoms with Crippen LogP contribution in [0.25, 0.3) is 0 Å². The number of benzene rings is 1. The molecule has 0 aliphatic heterocycles. The smallest absolute Gasteiger partial charge is 0.131 e. The fourth-order valence-corrected chi connectivity index (χ4v) is 2.58.